The lowest BCUT2D eigenvalue weighted by molar-refractivity contribution is 0.627. The summed E-state index contributed by atoms with van der Waals surface area (Å²) in [4.78, 5) is 5.91. The molecule has 3 heteroatoms. The van der Waals surface area contributed by atoms with Crippen LogP contribution in [-0.4, -0.2) is 10.7 Å². The van der Waals surface area contributed by atoms with Gasteiger partial charge in [0.1, 0.15) is 4.34 Å². The van der Waals surface area contributed by atoms with E-state index < -0.39 is 0 Å². The zero-order valence-corrected chi connectivity index (χ0v) is 12.3. The lowest BCUT2D eigenvalue weighted by Gasteiger charge is -1.99. The molecule has 1 aromatic heterocycles. The maximum absolute atomic E-state index is 4.54. The number of nitrogens with zero attached hydrogens (tertiary/aromatic N) is 1. The second-order valence-electron chi connectivity index (χ2n) is 4.24. The summed E-state index contributed by atoms with van der Waals surface area (Å²) in [6.07, 6.45) is 8.29. The summed E-state index contributed by atoms with van der Waals surface area (Å²) in [5, 5.41) is 0. The fourth-order valence-corrected chi connectivity index (χ4v) is 3.77. The Kier molecular flexibility index (Phi) is 7.13. The van der Waals surface area contributed by atoms with Crippen LogP contribution in [0.5, 0.6) is 0 Å². The highest BCUT2D eigenvalue weighted by atomic mass is 32.2. The Hall–Kier alpha value is -0.0200. The normalized spacial score (nSPS) is 10.9. The molecule has 16 heavy (non-hydrogen) atoms. The molecule has 1 heterocycles. The highest BCUT2D eigenvalue weighted by molar-refractivity contribution is 8.01. The van der Waals surface area contributed by atoms with E-state index in [1.807, 2.05) is 23.1 Å². The second kappa shape index (κ2) is 8.13. The van der Waals surface area contributed by atoms with E-state index in [0.29, 0.717) is 0 Å². The van der Waals surface area contributed by atoms with Gasteiger partial charge in [-0.1, -0.05) is 50.8 Å². The summed E-state index contributed by atoms with van der Waals surface area (Å²) in [6.45, 7) is 6.52. The third kappa shape index (κ3) is 5.35. The Balaban J connectivity index is 2.03. The topological polar surface area (TPSA) is 12.9 Å². The second-order valence-corrected chi connectivity index (χ2v) is 6.78. The molecule has 0 N–H and O–H groups in total. The van der Waals surface area contributed by atoms with Gasteiger partial charge in [0, 0.05) is 10.6 Å². The van der Waals surface area contributed by atoms with Gasteiger partial charge >= 0.3 is 0 Å². The van der Waals surface area contributed by atoms with E-state index in [2.05, 4.69) is 25.8 Å². The van der Waals surface area contributed by atoms with Crippen molar-refractivity contribution in [2.75, 3.05) is 5.75 Å². The van der Waals surface area contributed by atoms with Crippen LogP contribution < -0.4 is 0 Å². The Bertz CT molecular complexity index is 275. The van der Waals surface area contributed by atoms with E-state index in [4.69, 9.17) is 0 Å². The molecule has 1 nitrogen and oxygen atoms in total. The molecule has 1 rings (SSSR count). The van der Waals surface area contributed by atoms with Crippen LogP contribution in [0.25, 0.3) is 0 Å². The van der Waals surface area contributed by atoms with Gasteiger partial charge in [0.15, 0.2) is 0 Å². The molecule has 0 amide bonds. The van der Waals surface area contributed by atoms with Crippen molar-refractivity contribution in [3.63, 3.8) is 0 Å². The van der Waals surface area contributed by atoms with Crippen LogP contribution in [-0.2, 0) is 0 Å². The van der Waals surface area contributed by atoms with Gasteiger partial charge in [-0.3, -0.25) is 0 Å². The van der Waals surface area contributed by atoms with Crippen molar-refractivity contribution >= 4 is 23.1 Å². The van der Waals surface area contributed by atoms with Gasteiger partial charge in [-0.15, -0.1) is 11.3 Å². The number of hydrogen-bond donors (Lipinski definition) is 0. The molecule has 0 saturated heterocycles. The Morgan fingerprint density at radius 1 is 1.06 bits per heavy atom. The maximum atomic E-state index is 4.54. The van der Waals surface area contributed by atoms with Gasteiger partial charge in [0.05, 0.1) is 5.69 Å². The third-order valence-electron chi connectivity index (χ3n) is 2.73. The van der Waals surface area contributed by atoms with E-state index in [0.717, 1.165) is 0 Å². The van der Waals surface area contributed by atoms with Gasteiger partial charge in [0.25, 0.3) is 0 Å². The average molecular weight is 257 g/mol. The minimum atomic E-state index is 1.20. The van der Waals surface area contributed by atoms with Crippen LogP contribution >= 0.6 is 23.1 Å². The zero-order valence-electron chi connectivity index (χ0n) is 10.7. The Labute approximate surface area is 108 Å². The lowest BCUT2D eigenvalue weighted by atomic mass is 10.1. The third-order valence-corrected chi connectivity index (χ3v) is 5.03. The molecule has 0 atom stereocenters. The van der Waals surface area contributed by atoms with Gasteiger partial charge in [0.2, 0.25) is 0 Å². The van der Waals surface area contributed by atoms with Crippen molar-refractivity contribution < 1.29 is 0 Å². The number of thioether (sulfide) groups is 1. The zero-order chi connectivity index (χ0) is 11.8. The smallest absolute Gasteiger partial charge is 0.150 e. The summed E-state index contributed by atoms with van der Waals surface area (Å²) < 4.78 is 1.25. The van der Waals surface area contributed by atoms with E-state index in [-0.39, 0.29) is 0 Å². The molecular formula is C13H23NS2. The standard InChI is InChI=1S/C13H23NS2/c1-4-5-6-7-8-9-10-15-13-14-11(2)12(3)16-13/h4-10H2,1-3H3. The van der Waals surface area contributed by atoms with E-state index in [1.165, 1.54) is 59.2 Å². The van der Waals surface area contributed by atoms with E-state index in [1.54, 1.807) is 0 Å². The van der Waals surface area contributed by atoms with Crippen LogP contribution in [0.4, 0.5) is 0 Å². The first-order valence-electron chi connectivity index (χ1n) is 6.31. The Morgan fingerprint density at radius 3 is 2.38 bits per heavy atom. The van der Waals surface area contributed by atoms with Crippen LogP contribution in [0.15, 0.2) is 4.34 Å². The monoisotopic (exact) mass is 257 g/mol. The molecule has 0 aromatic carbocycles. The highest BCUT2D eigenvalue weighted by Gasteiger charge is 2.03. The van der Waals surface area contributed by atoms with Crippen LogP contribution in [0.1, 0.15) is 56.0 Å². The number of rotatable bonds is 8. The summed E-state index contributed by atoms with van der Waals surface area (Å²) in [5.74, 6) is 1.23. The van der Waals surface area contributed by atoms with Crippen molar-refractivity contribution in [2.24, 2.45) is 0 Å². The molecule has 0 spiro atoms. The molecule has 0 aliphatic heterocycles. The molecule has 0 aliphatic carbocycles. The minimum absolute atomic E-state index is 1.20. The van der Waals surface area contributed by atoms with Crippen molar-refractivity contribution in [3.8, 4) is 0 Å². The highest BCUT2D eigenvalue weighted by Crippen LogP contribution is 2.27. The molecule has 0 bridgehead atoms. The van der Waals surface area contributed by atoms with Crippen LogP contribution in [0, 0.1) is 13.8 Å². The van der Waals surface area contributed by atoms with Crippen molar-refractivity contribution in [2.45, 2.75) is 63.6 Å². The van der Waals surface area contributed by atoms with Crippen LogP contribution in [0.3, 0.4) is 0 Å². The van der Waals surface area contributed by atoms with E-state index >= 15 is 0 Å². The van der Waals surface area contributed by atoms with Crippen molar-refractivity contribution in [3.05, 3.63) is 10.6 Å². The summed E-state index contributed by atoms with van der Waals surface area (Å²) >= 11 is 3.76. The van der Waals surface area contributed by atoms with Gasteiger partial charge < -0.3 is 0 Å². The molecule has 0 radical (unpaired) electrons. The number of unbranched alkanes of at least 4 members (excludes halogenated alkanes) is 5. The number of aromatic nitrogens is 1. The first-order chi connectivity index (χ1) is 7.74. The molecule has 92 valence electrons. The number of aryl methyl sites for hydroxylation is 2. The van der Waals surface area contributed by atoms with E-state index in [9.17, 15) is 0 Å². The predicted octanol–water partition coefficient (Wildman–Crippen LogP) is 5.21. The first-order valence-corrected chi connectivity index (χ1v) is 8.11. The average Bonchev–Trinajstić information content (AvgIpc) is 2.57. The predicted molar refractivity (Wildman–Crippen MR) is 75.7 cm³/mol. The lowest BCUT2D eigenvalue weighted by Crippen LogP contribution is -1.82. The SMILES string of the molecule is CCCCCCCCSc1nc(C)c(C)s1. The number of thiazole rings is 1. The van der Waals surface area contributed by atoms with Crippen molar-refractivity contribution in [1.29, 1.82) is 0 Å². The molecule has 0 saturated carbocycles. The van der Waals surface area contributed by atoms with Crippen molar-refractivity contribution in [1.82, 2.24) is 4.98 Å². The molecule has 0 fully saturated rings. The number of hydrogen-bond acceptors (Lipinski definition) is 3. The molecule has 0 unspecified atom stereocenters. The van der Waals surface area contributed by atoms with Gasteiger partial charge in [-0.05, 0) is 20.3 Å². The van der Waals surface area contributed by atoms with Gasteiger partial charge in [-0.25, -0.2) is 4.98 Å². The first kappa shape index (κ1) is 14.0. The minimum Gasteiger partial charge on any atom is -0.235 e. The molecule has 0 aliphatic rings. The molecule has 1 aromatic rings. The summed E-state index contributed by atoms with van der Waals surface area (Å²) in [6, 6.07) is 0. The van der Waals surface area contributed by atoms with Crippen LogP contribution in [0.2, 0.25) is 0 Å². The quantitative estimate of drug-likeness (QED) is 0.468. The summed E-state index contributed by atoms with van der Waals surface area (Å²) in [7, 11) is 0. The fourth-order valence-electron chi connectivity index (χ4n) is 1.55. The largest absolute Gasteiger partial charge is 0.235 e. The summed E-state index contributed by atoms with van der Waals surface area (Å²) in [5.41, 5.74) is 1.20. The molecular weight excluding hydrogens is 234 g/mol. The maximum Gasteiger partial charge on any atom is 0.150 e. The van der Waals surface area contributed by atoms with Gasteiger partial charge in [-0.2, -0.15) is 0 Å². The fraction of sp³-hybridized carbons (Fsp3) is 0.769. The Morgan fingerprint density at radius 2 is 1.75 bits per heavy atom.